The highest BCUT2D eigenvalue weighted by molar-refractivity contribution is 5.90. The third kappa shape index (κ3) is 4.64. The predicted octanol–water partition coefficient (Wildman–Crippen LogP) is 1.90. The maximum Gasteiger partial charge on any atom is 0.407 e. The van der Waals surface area contributed by atoms with Gasteiger partial charge in [-0.2, -0.15) is 0 Å². The maximum absolute atomic E-state index is 11.9. The third-order valence-corrected chi connectivity index (χ3v) is 2.91. The molecule has 1 aliphatic rings. The Labute approximate surface area is 108 Å². The van der Waals surface area contributed by atoms with Crippen LogP contribution in [0.25, 0.3) is 0 Å². The van der Waals surface area contributed by atoms with E-state index in [0.717, 1.165) is 12.8 Å². The summed E-state index contributed by atoms with van der Waals surface area (Å²) in [5.74, 6) is -0.00794. The lowest BCUT2D eigenvalue weighted by atomic mass is 9.87. The second kappa shape index (κ2) is 6.18. The minimum Gasteiger partial charge on any atom is -0.446 e. The molecule has 0 spiro atoms. The van der Waals surface area contributed by atoms with Crippen molar-refractivity contribution in [1.82, 2.24) is 5.32 Å². The Morgan fingerprint density at radius 3 is 2.33 bits per heavy atom. The number of hydrogen-bond acceptors (Lipinski definition) is 4. The van der Waals surface area contributed by atoms with Gasteiger partial charge in [0.2, 0.25) is 0 Å². The lowest BCUT2D eigenvalue weighted by Crippen LogP contribution is -2.45. The summed E-state index contributed by atoms with van der Waals surface area (Å²) in [7, 11) is 0. The minimum atomic E-state index is -0.530. The Bertz CT molecular complexity index is 303. The predicted molar refractivity (Wildman–Crippen MR) is 67.4 cm³/mol. The number of carbonyl (C=O) groups excluding carboxylic acids is 2. The first-order valence-electron chi connectivity index (χ1n) is 6.40. The second-order valence-electron chi connectivity index (χ2n) is 5.70. The van der Waals surface area contributed by atoms with Crippen LogP contribution in [0.15, 0.2) is 0 Å². The van der Waals surface area contributed by atoms with E-state index >= 15 is 0 Å². The van der Waals surface area contributed by atoms with Crippen LogP contribution in [0.1, 0.15) is 40.5 Å². The molecule has 1 amide bonds. The Morgan fingerprint density at radius 2 is 1.83 bits per heavy atom. The molecule has 0 bridgehead atoms. The number of ketones is 1. The summed E-state index contributed by atoms with van der Waals surface area (Å²) < 4.78 is 10.4. The number of ether oxygens (including phenoxy) is 2. The first-order chi connectivity index (χ1) is 8.30. The molecule has 1 N–H and O–H groups in total. The molecule has 0 aliphatic carbocycles. The quantitative estimate of drug-likeness (QED) is 0.838. The minimum absolute atomic E-state index is 0.00794. The summed E-state index contributed by atoms with van der Waals surface area (Å²) in [5.41, 5.74) is -0.467. The monoisotopic (exact) mass is 257 g/mol. The van der Waals surface area contributed by atoms with Crippen molar-refractivity contribution in [2.45, 2.75) is 52.7 Å². The summed E-state index contributed by atoms with van der Waals surface area (Å²) in [6, 6.07) is -0.530. The molecule has 5 nitrogen and oxygen atoms in total. The van der Waals surface area contributed by atoms with Gasteiger partial charge in [-0.3, -0.25) is 4.79 Å². The molecule has 0 aromatic heterocycles. The van der Waals surface area contributed by atoms with Crippen LogP contribution in [0, 0.1) is 5.41 Å². The molecule has 1 saturated heterocycles. The first kappa shape index (κ1) is 15.0. The van der Waals surface area contributed by atoms with Gasteiger partial charge in [0.25, 0.3) is 0 Å². The molecule has 0 radical (unpaired) electrons. The molecule has 1 heterocycles. The number of carbonyl (C=O) groups is 2. The Balaban J connectivity index is 2.37. The number of amides is 1. The number of alkyl carbamates (subject to hydrolysis) is 1. The van der Waals surface area contributed by atoms with Crippen LogP contribution in [-0.4, -0.2) is 37.2 Å². The SMILES string of the molecule is C[C@@H](NC(=O)OC1CCOCC1)C(=O)C(C)(C)C. The normalized spacial score (nSPS) is 19.1. The zero-order chi connectivity index (χ0) is 13.8. The summed E-state index contributed by atoms with van der Waals surface area (Å²) in [6.07, 6.45) is 0.812. The van der Waals surface area contributed by atoms with Gasteiger partial charge in [0.05, 0.1) is 19.3 Å². The molecule has 0 unspecified atom stereocenters. The maximum atomic E-state index is 11.9. The first-order valence-corrected chi connectivity index (χ1v) is 6.40. The van der Waals surface area contributed by atoms with Crippen LogP contribution < -0.4 is 5.32 Å². The van der Waals surface area contributed by atoms with Crippen LogP contribution in [0.5, 0.6) is 0 Å². The average Bonchev–Trinajstić information content (AvgIpc) is 2.27. The van der Waals surface area contributed by atoms with Crippen LogP contribution in [0.4, 0.5) is 4.79 Å². The van der Waals surface area contributed by atoms with Crippen molar-refractivity contribution >= 4 is 11.9 Å². The van der Waals surface area contributed by atoms with Crippen LogP contribution in [0.2, 0.25) is 0 Å². The van der Waals surface area contributed by atoms with E-state index in [1.54, 1.807) is 6.92 Å². The molecular formula is C13H23NO4. The molecule has 1 fully saturated rings. The molecule has 18 heavy (non-hydrogen) atoms. The summed E-state index contributed by atoms with van der Waals surface area (Å²) in [5, 5.41) is 2.58. The summed E-state index contributed by atoms with van der Waals surface area (Å²) in [4.78, 5) is 23.5. The molecule has 5 heteroatoms. The smallest absolute Gasteiger partial charge is 0.407 e. The number of hydrogen-bond donors (Lipinski definition) is 1. The Hall–Kier alpha value is -1.10. The van der Waals surface area contributed by atoms with Crippen molar-refractivity contribution in [3.05, 3.63) is 0 Å². The highest BCUT2D eigenvalue weighted by Crippen LogP contribution is 2.17. The van der Waals surface area contributed by atoms with Gasteiger partial charge in [0.1, 0.15) is 6.10 Å². The van der Waals surface area contributed by atoms with Crippen molar-refractivity contribution in [1.29, 1.82) is 0 Å². The van der Waals surface area contributed by atoms with Gasteiger partial charge in [0.15, 0.2) is 5.78 Å². The van der Waals surface area contributed by atoms with Crippen molar-refractivity contribution in [2.24, 2.45) is 5.41 Å². The number of Topliss-reactive ketones (excluding diaryl/α,β-unsaturated/α-hetero) is 1. The van der Waals surface area contributed by atoms with Gasteiger partial charge in [-0.1, -0.05) is 20.8 Å². The molecule has 0 aromatic carbocycles. The number of nitrogens with one attached hydrogen (secondary N) is 1. The Morgan fingerprint density at radius 1 is 1.28 bits per heavy atom. The summed E-state index contributed by atoms with van der Waals surface area (Å²) >= 11 is 0. The largest absolute Gasteiger partial charge is 0.446 e. The van der Waals surface area contributed by atoms with E-state index in [4.69, 9.17) is 9.47 Å². The van der Waals surface area contributed by atoms with E-state index < -0.39 is 17.6 Å². The molecule has 104 valence electrons. The number of rotatable bonds is 3. The molecule has 1 atom stereocenters. The fourth-order valence-corrected chi connectivity index (χ4v) is 1.87. The standard InChI is InChI=1S/C13H23NO4/c1-9(11(15)13(2,3)4)14-12(16)18-10-5-7-17-8-6-10/h9-10H,5-8H2,1-4H3,(H,14,16)/t9-/m1/s1. The van der Waals surface area contributed by atoms with Gasteiger partial charge in [-0.15, -0.1) is 0 Å². The Kier molecular flexibility index (Phi) is 5.14. The van der Waals surface area contributed by atoms with E-state index in [1.165, 1.54) is 0 Å². The van der Waals surface area contributed by atoms with E-state index in [9.17, 15) is 9.59 Å². The van der Waals surface area contributed by atoms with Crippen molar-refractivity contribution in [3.63, 3.8) is 0 Å². The third-order valence-electron chi connectivity index (χ3n) is 2.91. The van der Waals surface area contributed by atoms with Crippen LogP contribution >= 0.6 is 0 Å². The highest BCUT2D eigenvalue weighted by atomic mass is 16.6. The van der Waals surface area contributed by atoms with Gasteiger partial charge in [-0.05, 0) is 6.92 Å². The lowest BCUT2D eigenvalue weighted by Gasteiger charge is -2.25. The zero-order valence-corrected chi connectivity index (χ0v) is 11.6. The van der Waals surface area contributed by atoms with E-state index in [-0.39, 0.29) is 11.9 Å². The highest BCUT2D eigenvalue weighted by Gasteiger charge is 2.28. The van der Waals surface area contributed by atoms with Gasteiger partial charge < -0.3 is 14.8 Å². The van der Waals surface area contributed by atoms with Crippen molar-refractivity contribution in [3.8, 4) is 0 Å². The van der Waals surface area contributed by atoms with E-state index in [1.807, 2.05) is 20.8 Å². The average molecular weight is 257 g/mol. The van der Waals surface area contributed by atoms with E-state index in [2.05, 4.69) is 5.32 Å². The lowest BCUT2D eigenvalue weighted by molar-refractivity contribution is -0.128. The van der Waals surface area contributed by atoms with Crippen molar-refractivity contribution in [2.75, 3.05) is 13.2 Å². The molecule has 1 aliphatic heterocycles. The molecular weight excluding hydrogens is 234 g/mol. The van der Waals surface area contributed by atoms with Crippen LogP contribution in [-0.2, 0) is 14.3 Å². The van der Waals surface area contributed by atoms with Gasteiger partial charge in [-0.25, -0.2) is 4.79 Å². The zero-order valence-electron chi connectivity index (χ0n) is 11.6. The van der Waals surface area contributed by atoms with Gasteiger partial charge >= 0.3 is 6.09 Å². The summed E-state index contributed by atoms with van der Waals surface area (Å²) in [6.45, 7) is 8.41. The van der Waals surface area contributed by atoms with Gasteiger partial charge in [0, 0.05) is 18.3 Å². The topological polar surface area (TPSA) is 64.6 Å². The fraction of sp³-hybridized carbons (Fsp3) is 0.846. The molecule has 0 aromatic rings. The van der Waals surface area contributed by atoms with Crippen LogP contribution in [0.3, 0.4) is 0 Å². The van der Waals surface area contributed by atoms with E-state index in [0.29, 0.717) is 13.2 Å². The molecule has 1 rings (SSSR count). The fourth-order valence-electron chi connectivity index (χ4n) is 1.87. The van der Waals surface area contributed by atoms with Crippen molar-refractivity contribution < 1.29 is 19.1 Å². The second-order valence-corrected chi connectivity index (χ2v) is 5.70. The molecule has 0 saturated carbocycles.